The molecule has 1 aromatic carbocycles. The Morgan fingerprint density at radius 1 is 1.33 bits per heavy atom. The number of terminal acetylenes is 1. The van der Waals surface area contributed by atoms with Gasteiger partial charge in [-0.15, -0.1) is 6.42 Å². The molecule has 1 rings (SSSR count). The molecule has 0 aromatic heterocycles. The van der Waals surface area contributed by atoms with Crippen LogP contribution in [0.1, 0.15) is 18.9 Å². The van der Waals surface area contributed by atoms with Gasteiger partial charge in [-0.2, -0.15) is 0 Å². The van der Waals surface area contributed by atoms with Gasteiger partial charge in [0.1, 0.15) is 0 Å². The third-order valence-corrected chi connectivity index (χ3v) is 2.70. The molecular formula is C13H16BrN. The van der Waals surface area contributed by atoms with Crippen molar-refractivity contribution < 1.29 is 0 Å². The van der Waals surface area contributed by atoms with Gasteiger partial charge in [-0.05, 0) is 30.7 Å². The molecule has 80 valence electrons. The van der Waals surface area contributed by atoms with Crippen LogP contribution < -0.4 is 0 Å². The van der Waals surface area contributed by atoms with Gasteiger partial charge in [0.2, 0.25) is 0 Å². The molecule has 0 N–H and O–H groups in total. The molecule has 0 unspecified atom stereocenters. The second-order valence-corrected chi connectivity index (χ2v) is 4.46. The lowest BCUT2D eigenvalue weighted by molar-refractivity contribution is 0.299. The minimum atomic E-state index is 0.726. The highest BCUT2D eigenvalue weighted by atomic mass is 79.9. The predicted octanol–water partition coefficient (Wildman–Crippen LogP) is 3.29. The molecule has 0 heterocycles. The van der Waals surface area contributed by atoms with E-state index in [1.165, 1.54) is 5.56 Å². The average molecular weight is 266 g/mol. The van der Waals surface area contributed by atoms with Crippen LogP contribution in [0.3, 0.4) is 0 Å². The molecule has 0 aliphatic rings. The summed E-state index contributed by atoms with van der Waals surface area (Å²) in [6.07, 6.45) is 6.48. The van der Waals surface area contributed by atoms with E-state index in [-0.39, 0.29) is 0 Å². The van der Waals surface area contributed by atoms with E-state index in [4.69, 9.17) is 6.42 Å². The Morgan fingerprint density at radius 3 is 2.53 bits per heavy atom. The maximum atomic E-state index is 5.34. The first kappa shape index (κ1) is 12.3. The molecule has 15 heavy (non-hydrogen) atoms. The molecule has 0 radical (unpaired) electrons. The Bertz CT molecular complexity index is 323. The summed E-state index contributed by atoms with van der Waals surface area (Å²) in [5, 5.41) is 0. The minimum Gasteiger partial charge on any atom is -0.288 e. The van der Waals surface area contributed by atoms with Crippen molar-refractivity contribution in [2.24, 2.45) is 0 Å². The van der Waals surface area contributed by atoms with Crippen molar-refractivity contribution in [2.75, 3.05) is 13.1 Å². The summed E-state index contributed by atoms with van der Waals surface area (Å²) in [6, 6.07) is 8.39. The Labute approximate surface area is 101 Å². The molecule has 0 amide bonds. The molecule has 0 fully saturated rings. The van der Waals surface area contributed by atoms with Gasteiger partial charge in [-0.25, -0.2) is 0 Å². The highest BCUT2D eigenvalue weighted by Gasteiger charge is 2.02. The van der Waals surface area contributed by atoms with Crippen molar-refractivity contribution in [2.45, 2.75) is 19.9 Å². The maximum Gasteiger partial charge on any atom is 0.0601 e. The van der Waals surface area contributed by atoms with Crippen LogP contribution in [0.25, 0.3) is 0 Å². The van der Waals surface area contributed by atoms with E-state index >= 15 is 0 Å². The quantitative estimate of drug-likeness (QED) is 0.739. The summed E-state index contributed by atoms with van der Waals surface area (Å²) in [6.45, 7) is 4.89. The van der Waals surface area contributed by atoms with Crippen molar-refractivity contribution in [1.29, 1.82) is 0 Å². The first-order chi connectivity index (χ1) is 7.26. The van der Waals surface area contributed by atoms with E-state index in [2.05, 4.69) is 57.9 Å². The Kier molecular flexibility index (Phi) is 5.45. The number of halogens is 1. The third kappa shape index (κ3) is 4.51. The lowest BCUT2D eigenvalue weighted by Gasteiger charge is -2.18. The van der Waals surface area contributed by atoms with Gasteiger partial charge in [-0.1, -0.05) is 40.9 Å². The van der Waals surface area contributed by atoms with Gasteiger partial charge in [0.25, 0.3) is 0 Å². The van der Waals surface area contributed by atoms with Crippen molar-refractivity contribution in [3.8, 4) is 12.3 Å². The van der Waals surface area contributed by atoms with E-state index in [0.29, 0.717) is 0 Å². The molecule has 0 atom stereocenters. The van der Waals surface area contributed by atoms with Crippen molar-refractivity contribution in [1.82, 2.24) is 4.90 Å². The molecular weight excluding hydrogens is 250 g/mol. The highest BCUT2D eigenvalue weighted by Crippen LogP contribution is 2.12. The summed E-state index contributed by atoms with van der Waals surface area (Å²) in [4.78, 5) is 2.28. The largest absolute Gasteiger partial charge is 0.288 e. The number of rotatable bonds is 5. The summed E-state index contributed by atoms with van der Waals surface area (Å²) in [7, 11) is 0. The fourth-order valence-electron chi connectivity index (χ4n) is 1.51. The fourth-order valence-corrected chi connectivity index (χ4v) is 1.77. The normalized spacial score (nSPS) is 10.3. The van der Waals surface area contributed by atoms with Crippen LogP contribution in [-0.2, 0) is 6.54 Å². The van der Waals surface area contributed by atoms with Gasteiger partial charge in [0, 0.05) is 11.0 Å². The van der Waals surface area contributed by atoms with Crippen LogP contribution in [0, 0.1) is 12.3 Å². The molecule has 0 saturated carbocycles. The van der Waals surface area contributed by atoms with Gasteiger partial charge in [0.15, 0.2) is 0 Å². The zero-order valence-electron chi connectivity index (χ0n) is 9.04. The van der Waals surface area contributed by atoms with E-state index in [1.807, 2.05) is 0 Å². The zero-order valence-corrected chi connectivity index (χ0v) is 10.6. The standard InChI is InChI=1S/C13H16BrN/c1-3-9-15(10-4-2)11-12-5-7-13(14)8-6-12/h1,5-8H,4,9-11H2,2H3. The first-order valence-corrected chi connectivity index (χ1v) is 5.95. The van der Waals surface area contributed by atoms with Crippen molar-refractivity contribution in [3.63, 3.8) is 0 Å². The molecule has 0 aliphatic carbocycles. The molecule has 1 aromatic rings. The molecule has 0 bridgehead atoms. The Balaban J connectivity index is 2.57. The van der Waals surface area contributed by atoms with Crippen LogP contribution in [0.2, 0.25) is 0 Å². The molecule has 0 aliphatic heterocycles. The second kappa shape index (κ2) is 6.66. The Hall–Kier alpha value is -0.780. The first-order valence-electron chi connectivity index (χ1n) is 5.16. The van der Waals surface area contributed by atoms with E-state index in [1.54, 1.807) is 0 Å². The fraction of sp³-hybridized carbons (Fsp3) is 0.385. The summed E-state index contributed by atoms with van der Waals surface area (Å²) in [5.41, 5.74) is 1.31. The topological polar surface area (TPSA) is 3.24 Å². The summed E-state index contributed by atoms with van der Waals surface area (Å²) >= 11 is 3.43. The van der Waals surface area contributed by atoms with Crippen LogP contribution in [0.4, 0.5) is 0 Å². The average Bonchev–Trinajstić information content (AvgIpc) is 2.22. The monoisotopic (exact) mass is 265 g/mol. The van der Waals surface area contributed by atoms with Gasteiger partial charge in [-0.3, -0.25) is 4.90 Å². The van der Waals surface area contributed by atoms with Gasteiger partial charge < -0.3 is 0 Å². The SMILES string of the molecule is C#CCN(CCC)Cc1ccc(Br)cc1. The van der Waals surface area contributed by atoms with Crippen LogP contribution in [-0.4, -0.2) is 18.0 Å². The number of hydrogen-bond donors (Lipinski definition) is 0. The molecule has 0 saturated heterocycles. The number of nitrogens with zero attached hydrogens (tertiary/aromatic N) is 1. The molecule has 1 nitrogen and oxygen atoms in total. The van der Waals surface area contributed by atoms with Crippen molar-refractivity contribution in [3.05, 3.63) is 34.3 Å². The van der Waals surface area contributed by atoms with Crippen LogP contribution >= 0.6 is 15.9 Å². The van der Waals surface area contributed by atoms with Crippen molar-refractivity contribution >= 4 is 15.9 Å². The predicted molar refractivity (Wildman–Crippen MR) is 68.5 cm³/mol. The lowest BCUT2D eigenvalue weighted by Crippen LogP contribution is -2.24. The smallest absolute Gasteiger partial charge is 0.0601 e. The molecule has 0 spiro atoms. The van der Waals surface area contributed by atoms with E-state index in [9.17, 15) is 0 Å². The van der Waals surface area contributed by atoms with Crippen LogP contribution in [0.5, 0.6) is 0 Å². The van der Waals surface area contributed by atoms with E-state index in [0.717, 1.165) is 30.5 Å². The number of hydrogen-bond acceptors (Lipinski definition) is 1. The number of benzene rings is 1. The highest BCUT2D eigenvalue weighted by molar-refractivity contribution is 9.10. The summed E-state index contributed by atoms with van der Waals surface area (Å²) < 4.78 is 1.12. The zero-order chi connectivity index (χ0) is 11.1. The molecule has 2 heteroatoms. The van der Waals surface area contributed by atoms with Crippen LogP contribution in [0.15, 0.2) is 28.7 Å². The van der Waals surface area contributed by atoms with Gasteiger partial charge >= 0.3 is 0 Å². The Morgan fingerprint density at radius 2 is 2.00 bits per heavy atom. The van der Waals surface area contributed by atoms with Gasteiger partial charge in [0.05, 0.1) is 6.54 Å². The van der Waals surface area contributed by atoms with E-state index < -0.39 is 0 Å². The summed E-state index contributed by atoms with van der Waals surface area (Å²) in [5.74, 6) is 2.70. The third-order valence-electron chi connectivity index (χ3n) is 2.17. The lowest BCUT2D eigenvalue weighted by atomic mass is 10.2. The maximum absolute atomic E-state index is 5.34. The minimum absolute atomic E-state index is 0.726. The second-order valence-electron chi connectivity index (χ2n) is 3.54.